The number of rotatable bonds is 2. The standard InChI is InChI=1S/C10H15N5/c1-7(2)15-6-12-8-5-11-10(14(3)4)13-9(8)15/h5-7H,1-4H3. The summed E-state index contributed by atoms with van der Waals surface area (Å²) in [5, 5.41) is 0. The maximum atomic E-state index is 4.47. The Bertz CT molecular complexity index is 472. The molecule has 0 saturated carbocycles. The SMILES string of the molecule is CC(C)n1cnc2cnc(N(C)C)nc21. The van der Waals surface area contributed by atoms with Gasteiger partial charge in [0, 0.05) is 20.1 Å². The van der Waals surface area contributed by atoms with Gasteiger partial charge in [-0.05, 0) is 13.8 Å². The van der Waals surface area contributed by atoms with E-state index >= 15 is 0 Å². The molecule has 0 aliphatic rings. The number of anilines is 1. The number of hydrogen-bond donors (Lipinski definition) is 0. The summed E-state index contributed by atoms with van der Waals surface area (Å²) in [4.78, 5) is 14.8. The van der Waals surface area contributed by atoms with Crippen molar-refractivity contribution >= 4 is 17.1 Å². The molecule has 0 atom stereocenters. The number of fused-ring (bicyclic) bond motifs is 1. The molecule has 80 valence electrons. The van der Waals surface area contributed by atoms with Gasteiger partial charge < -0.3 is 9.47 Å². The third-order valence-electron chi connectivity index (χ3n) is 2.26. The molecule has 0 fully saturated rings. The van der Waals surface area contributed by atoms with Gasteiger partial charge in [0.2, 0.25) is 5.95 Å². The van der Waals surface area contributed by atoms with Crippen LogP contribution in [-0.4, -0.2) is 33.6 Å². The minimum absolute atomic E-state index is 0.361. The Morgan fingerprint density at radius 1 is 1.27 bits per heavy atom. The van der Waals surface area contributed by atoms with Crippen molar-refractivity contribution in [2.45, 2.75) is 19.9 Å². The average Bonchev–Trinajstić information content (AvgIpc) is 2.59. The molecule has 0 bridgehead atoms. The highest BCUT2D eigenvalue weighted by Crippen LogP contribution is 2.16. The van der Waals surface area contributed by atoms with Crippen molar-refractivity contribution in [2.75, 3.05) is 19.0 Å². The minimum Gasteiger partial charge on any atom is -0.347 e. The molecule has 2 heterocycles. The van der Waals surface area contributed by atoms with E-state index < -0.39 is 0 Å². The highest BCUT2D eigenvalue weighted by molar-refractivity contribution is 5.71. The first kappa shape index (κ1) is 9.89. The maximum absolute atomic E-state index is 4.47. The van der Waals surface area contributed by atoms with Gasteiger partial charge >= 0.3 is 0 Å². The van der Waals surface area contributed by atoms with Crippen LogP contribution >= 0.6 is 0 Å². The lowest BCUT2D eigenvalue weighted by molar-refractivity contribution is 0.612. The van der Waals surface area contributed by atoms with Gasteiger partial charge in [0.25, 0.3) is 0 Å². The monoisotopic (exact) mass is 205 g/mol. The summed E-state index contributed by atoms with van der Waals surface area (Å²) < 4.78 is 2.05. The predicted octanol–water partition coefficient (Wildman–Crippen LogP) is 1.47. The molecular formula is C10H15N5. The van der Waals surface area contributed by atoms with Crippen LogP contribution in [0, 0.1) is 0 Å². The molecule has 0 saturated heterocycles. The molecule has 0 aliphatic heterocycles. The Hall–Kier alpha value is -1.65. The van der Waals surface area contributed by atoms with E-state index in [1.54, 1.807) is 6.20 Å². The van der Waals surface area contributed by atoms with Gasteiger partial charge in [-0.1, -0.05) is 0 Å². The van der Waals surface area contributed by atoms with Crippen LogP contribution in [0.3, 0.4) is 0 Å². The zero-order chi connectivity index (χ0) is 11.0. The molecule has 0 unspecified atom stereocenters. The summed E-state index contributed by atoms with van der Waals surface area (Å²) in [5.74, 6) is 0.713. The Labute approximate surface area is 88.8 Å². The van der Waals surface area contributed by atoms with Crippen molar-refractivity contribution in [2.24, 2.45) is 0 Å². The second-order valence-electron chi connectivity index (χ2n) is 4.02. The smallest absolute Gasteiger partial charge is 0.226 e. The Balaban J connectivity index is 2.61. The molecule has 0 aromatic carbocycles. The van der Waals surface area contributed by atoms with Gasteiger partial charge in [-0.15, -0.1) is 0 Å². The summed E-state index contributed by atoms with van der Waals surface area (Å²) in [6.07, 6.45) is 3.57. The lowest BCUT2D eigenvalue weighted by Crippen LogP contribution is -2.13. The van der Waals surface area contributed by atoms with Crippen LogP contribution in [0.4, 0.5) is 5.95 Å². The molecule has 2 rings (SSSR count). The van der Waals surface area contributed by atoms with E-state index in [1.165, 1.54) is 0 Å². The highest BCUT2D eigenvalue weighted by Gasteiger charge is 2.09. The largest absolute Gasteiger partial charge is 0.347 e. The van der Waals surface area contributed by atoms with Crippen LogP contribution < -0.4 is 4.90 Å². The quantitative estimate of drug-likeness (QED) is 0.745. The second-order valence-corrected chi connectivity index (χ2v) is 4.02. The van der Waals surface area contributed by atoms with Gasteiger partial charge in [0.1, 0.15) is 5.52 Å². The molecule has 0 N–H and O–H groups in total. The van der Waals surface area contributed by atoms with Gasteiger partial charge in [-0.3, -0.25) is 0 Å². The van der Waals surface area contributed by atoms with Crippen LogP contribution in [0.15, 0.2) is 12.5 Å². The summed E-state index contributed by atoms with van der Waals surface area (Å²) in [6.45, 7) is 4.22. The van der Waals surface area contributed by atoms with Crippen LogP contribution in [0.5, 0.6) is 0 Å². The zero-order valence-electron chi connectivity index (χ0n) is 9.47. The van der Waals surface area contributed by atoms with Crippen LogP contribution in [0.25, 0.3) is 11.2 Å². The van der Waals surface area contributed by atoms with Gasteiger partial charge in [-0.25, -0.2) is 9.97 Å². The fraction of sp³-hybridized carbons (Fsp3) is 0.500. The van der Waals surface area contributed by atoms with E-state index in [0.29, 0.717) is 12.0 Å². The second kappa shape index (κ2) is 3.49. The van der Waals surface area contributed by atoms with Crippen LogP contribution in [-0.2, 0) is 0 Å². The molecule has 0 amide bonds. The molecule has 2 aromatic heterocycles. The predicted molar refractivity (Wildman–Crippen MR) is 60.0 cm³/mol. The summed E-state index contributed by atoms with van der Waals surface area (Å²) in [6, 6.07) is 0.361. The van der Waals surface area contributed by atoms with E-state index in [2.05, 4.69) is 28.8 Å². The molecule has 0 spiro atoms. The number of aromatic nitrogens is 4. The topological polar surface area (TPSA) is 46.8 Å². The number of imidazole rings is 1. The normalized spacial score (nSPS) is 11.3. The maximum Gasteiger partial charge on any atom is 0.226 e. The summed E-state index contributed by atoms with van der Waals surface area (Å²) in [5.41, 5.74) is 1.73. The van der Waals surface area contributed by atoms with Crippen molar-refractivity contribution in [1.29, 1.82) is 0 Å². The Morgan fingerprint density at radius 2 is 2.00 bits per heavy atom. The van der Waals surface area contributed by atoms with Crippen molar-refractivity contribution in [3.05, 3.63) is 12.5 Å². The fourth-order valence-corrected chi connectivity index (χ4v) is 1.41. The third kappa shape index (κ3) is 1.65. The summed E-state index contributed by atoms with van der Waals surface area (Å²) in [7, 11) is 3.86. The lowest BCUT2D eigenvalue weighted by atomic mass is 10.4. The minimum atomic E-state index is 0.361. The molecule has 0 aliphatic carbocycles. The highest BCUT2D eigenvalue weighted by atomic mass is 15.2. The Morgan fingerprint density at radius 3 is 2.60 bits per heavy atom. The van der Waals surface area contributed by atoms with Crippen LogP contribution in [0.1, 0.15) is 19.9 Å². The summed E-state index contributed by atoms with van der Waals surface area (Å²) >= 11 is 0. The van der Waals surface area contributed by atoms with Gasteiger partial charge in [0.05, 0.1) is 12.5 Å². The van der Waals surface area contributed by atoms with Gasteiger partial charge in [0.15, 0.2) is 5.65 Å². The van der Waals surface area contributed by atoms with E-state index in [0.717, 1.165) is 11.2 Å². The number of nitrogens with zero attached hydrogens (tertiary/aromatic N) is 5. The van der Waals surface area contributed by atoms with Crippen molar-refractivity contribution in [1.82, 2.24) is 19.5 Å². The first-order valence-corrected chi connectivity index (χ1v) is 4.96. The zero-order valence-corrected chi connectivity index (χ0v) is 9.47. The molecule has 5 nitrogen and oxygen atoms in total. The van der Waals surface area contributed by atoms with Crippen molar-refractivity contribution in [3.63, 3.8) is 0 Å². The van der Waals surface area contributed by atoms with E-state index in [4.69, 9.17) is 0 Å². The third-order valence-corrected chi connectivity index (χ3v) is 2.26. The average molecular weight is 205 g/mol. The molecule has 0 radical (unpaired) electrons. The van der Waals surface area contributed by atoms with Crippen molar-refractivity contribution < 1.29 is 0 Å². The first-order chi connectivity index (χ1) is 7.09. The van der Waals surface area contributed by atoms with Gasteiger partial charge in [-0.2, -0.15) is 4.98 Å². The van der Waals surface area contributed by atoms with Crippen molar-refractivity contribution in [3.8, 4) is 0 Å². The molecule has 5 heteroatoms. The first-order valence-electron chi connectivity index (χ1n) is 4.96. The van der Waals surface area contributed by atoms with E-state index in [1.807, 2.05) is 29.9 Å². The molecular weight excluding hydrogens is 190 g/mol. The molecule has 15 heavy (non-hydrogen) atoms. The Kier molecular flexibility index (Phi) is 2.30. The van der Waals surface area contributed by atoms with Crippen LogP contribution in [0.2, 0.25) is 0 Å². The number of hydrogen-bond acceptors (Lipinski definition) is 4. The van der Waals surface area contributed by atoms with E-state index in [-0.39, 0.29) is 0 Å². The fourth-order valence-electron chi connectivity index (χ4n) is 1.41. The lowest BCUT2D eigenvalue weighted by Gasteiger charge is -2.11. The van der Waals surface area contributed by atoms with E-state index in [9.17, 15) is 0 Å². The molecule has 2 aromatic rings.